The van der Waals surface area contributed by atoms with Crippen molar-refractivity contribution in [2.75, 3.05) is 13.1 Å². The zero-order valence-electron chi connectivity index (χ0n) is 12.9. The Balaban J connectivity index is 1.63. The van der Waals surface area contributed by atoms with Crippen LogP contribution in [0.4, 0.5) is 0 Å². The van der Waals surface area contributed by atoms with Crippen molar-refractivity contribution in [3.8, 4) is 0 Å². The van der Waals surface area contributed by atoms with Crippen molar-refractivity contribution in [2.24, 2.45) is 7.05 Å². The molecule has 0 radical (unpaired) electrons. The van der Waals surface area contributed by atoms with E-state index in [0.717, 1.165) is 31.9 Å². The lowest BCUT2D eigenvalue weighted by molar-refractivity contribution is 0.128. The molecule has 0 spiro atoms. The molecule has 0 bridgehead atoms. The Bertz CT molecular complexity index is 563. The standard InChI is InChI=1S/C17H24N4/c1-14-11-19-16(10-15-6-4-3-5-7-15)12-21(14)13-17-18-8-9-20(17)2/h3-9,14,16,19H,10-13H2,1-2H3. The third-order valence-electron chi connectivity index (χ3n) is 4.37. The summed E-state index contributed by atoms with van der Waals surface area (Å²) in [6, 6.07) is 11.8. The Morgan fingerprint density at radius 1 is 1.29 bits per heavy atom. The van der Waals surface area contributed by atoms with Gasteiger partial charge in [-0.05, 0) is 18.9 Å². The summed E-state index contributed by atoms with van der Waals surface area (Å²) < 4.78 is 2.11. The van der Waals surface area contributed by atoms with E-state index in [4.69, 9.17) is 0 Å². The monoisotopic (exact) mass is 284 g/mol. The Kier molecular flexibility index (Phi) is 4.36. The summed E-state index contributed by atoms with van der Waals surface area (Å²) in [5, 5.41) is 3.67. The Morgan fingerprint density at radius 2 is 2.10 bits per heavy atom. The minimum absolute atomic E-state index is 0.517. The van der Waals surface area contributed by atoms with Crippen LogP contribution in [0.1, 0.15) is 18.3 Å². The lowest BCUT2D eigenvalue weighted by Gasteiger charge is -2.38. The predicted octanol–water partition coefficient (Wildman–Crippen LogP) is 1.83. The lowest BCUT2D eigenvalue weighted by atomic mass is 10.0. The largest absolute Gasteiger partial charge is 0.337 e. The molecule has 4 heteroatoms. The molecular formula is C17H24N4. The first-order valence-electron chi connectivity index (χ1n) is 7.70. The summed E-state index contributed by atoms with van der Waals surface area (Å²) >= 11 is 0. The van der Waals surface area contributed by atoms with E-state index >= 15 is 0 Å². The lowest BCUT2D eigenvalue weighted by Crippen LogP contribution is -2.55. The maximum Gasteiger partial charge on any atom is 0.122 e. The first-order chi connectivity index (χ1) is 10.2. The van der Waals surface area contributed by atoms with Gasteiger partial charge in [0.2, 0.25) is 0 Å². The fraction of sp³-hybridized carbons (Fsp3) is 0.471. The van der Waals surface area contributed by atoms with Crippen LogP contribution in [0.3, 0.4) is 0 Å². The van der Waals surface area contributed by atoms with Crippen molar-refractivity contribution in [2.45, 2.75) is 32.0 Å². The maximum atomic E-state index is 4.45. The summed E-state index contributed by atoms with van der Waals surface area (Å²) in [5.41, 5.74) is 1.40. The van der Waals surface area contributed by atoms with Gasteiger partial charge in [-0.2, -0.15) is 0 Å². The van der Waals surface area contributed by atoms with Crippen LogP contribution in [0.25, 0.3) is 0 Å². The summed E-state index contributed by atoms with van der Waals surface area (Å²) in [6.45, 7) is 5.33. The molecule has 3 rings (SSSR count). The molecule has 21 heavy (non-hydrogen) atoms. The van der Waals surface area contributed by atoms with Gasteiger partial charge >= 0.3 is 0 Å². The summed E-state index contributed by atoms with van der Waals surface area (Å²) in [6.07, 6.45) is 4.98. The molecule has 2 heterocycles. The second-order valence-electron chi connectivity index (χ2n) is 6.03. The van der Waals surface area contributed by atoms with Crippen LogP contribution in [-0.4, -0.2) is 39.6 Å². The Morgan fingerprint density at radius 3 is 2.81 bits per heavy atom. The van der Waals surface area contributed by atoms with Crippen molar-refractivity contribution in [1.82, 2.24) is 19.8 Å². The average Bonchev–Trinajstić information content (AvgIpc) is 2.89. The number of rotatable bonds is 4. The molecule has 0 saturated carbocycles. The van der Waals surface area contributed by atoms with Gasteiger partial charge in [-0.25, -0.2) is 4.98 Å². The van der Waals surface area contributed by atoms with Crippen LogP contribution >= 0.6 is 0 Å². The molecule has 1 aromatic carbocycles. The van der Waals surface area contributed by atoms with Gasteiger partial charge in [0.05, 0.1) is 6.54 Å². The van der Waals surface area contributed by atoms with Crippen LogP contribution in [0.2, 0.25) is 0 Å². The number of piperazine rings is 1. The molecule has 112 valence electrons. The highest BCUT2D eigenvalue weighted by Crippen LogP contribution is 2.14. The van der Waals surface area contributed by atoms with E-state index in [1.54, 1.807) is 0 Å². The molecule has 2 unspecified atom stereocenters. The Hall–Kier alpha value is -1.65. The molecule has 2 atom stereocenters. The molecule has 1 aliphatic rings. The summed E-state index contributed by atoms with van der Waals surface area (Å²) in [4.78, 5) is 6.99. The quantitative estimate of drug-likeness (QED) is 0.930. The minimum atomic E-state index is 0.517. The van der Waals surface area contributed by atoms with Crippen molar-refractivity contribution in [1.29, 1.82) is 0 Å². The first kappa shape index (κ1) is 14.3. The van der Waals surface area contributed by atoms with E-state index < -0.39 is 0 Å². The molecule has 2 aromatic rings. The van der Waals surface area contributed by atoms with Gasteiger partial charge in [0.15, 0.2) is 0 Å². The molecule has 0 aliphatic carbocycles. The molecular weight excluding hydrogens is 260 g/mol. The van der Waals surface area contributed by atoms with Crippen molar-refractivity contribution in [3.63, 3.8) is 0 Å². The highest BCUT2D eigenvalue weighted by Gasteiger charge is 2.25. The second kappa shape index (κ2) is 6.41. The summed E-state index contributed by atoms with van der Waals surface area (Å²) in [5.74, 6) is 1.14. The molecule has 1 N–H and O–H groups in total. The number of aryl methyl sites for hydroxylation is 1. The van der Waals surface area contributed by atoms with Gasteiger partial charge in [-0.3, -0.25) is 4.90 Å². The smallest absolute Gasteiger partial charge is 0.122 e. The number of nitrogens with zero attached hydrogens (tertiary/aromatic N) is 3. The number of aromatic nitrogens is 2. The zero-order chi connectivity index (χ0) is 14.7. The van der Waals surface area contributed by atoms with Gasteiger partial charge in [-0.15, -0.1) is 0 Å². The van der Waals surface area contributed by atoms with Crippen molar-refractivity contribution < 1.29 is 0 Å². The number of hydrogen-bond acceptors (Lipinski definition) is 3. The van der Waals surface area contributed by atoms with Gasteiger partial charge in [-0.1, -0.05) is 30.3 Å². The van der Waals surface area contributed by atoms with E-state index in [0.29, 0.717) is 12.1 Å². The maximum absolute atomic E-state index is 4.45. The van der Waals surface area contributed by atoms with Gasteiger partial charge in [0, 0.05) is 44.6 Å². The minimum Gasteiger partial charge on any atom is -0.337 e. The second-order valence-corrected chi connectivity index (χ2v) is 6.03. The predicted molar refractivity (Wildman–Crippen MR) is 85.0 cm³/mol. The summed E-state index contributed by atoms with van der Waals surface area (Å²) in [7, 11) is 2.07. The van der Waals surface area contributed by atoms with Crippen LogP contribution in [0.5, 0.6) is 0 Å². The van der Waals surface area contributed by atoms with Crippen LogP contribution < -0.4 is 5.32 Å². The van der Waals surface area contributed by atoms with Gasteiger partial charge in [0.25, 0.3) is 0 Å². The normalized spacial score (nSPS) is 23.3. The highest BCUT2D eigenvalue weighted by molar-refractivity contribution is 5.16. The van der Waals surface area contributed by atoms with E-state index in [1.807, 2.05) is 12.4 Å². The van der Waals surface area contributed by atoms with Crippen molar-refractivity contribution >= 4 is 0 Å². The molecule has 1 saturated heterocycles. The molecule has 4 nitrogen and oxygen atoms in total. The van der Waals surface area contributed by atoms with Crippen molar-refractivity contribution in [3.05, 3.63) is 54.1 Å². The fourth-order valence-electron chi connectivity index (χ4n) is 2.98. The highest BCUT2D eigenvalue weighted by atomic mass is 15.2. The third-order valence-corrected chi connectivity index (χ3v) is 4.37. The average molecular weight is 284 g/mol. The SMILES string of the molecule is CC1CNC(Cc2ccccc2)CN1Cc1nccn1C. The molecule has 1 fully saturated rings. The number of imidazole rings is 1. The number of hydrogen-bond donors (Lipinski definition) is 1. The molecule has 1 aliphatic heterocycles. The zero-order valence-corrected chi connectivity index (χ0v) is 12.9. The van der Waals surface area contributed by atoms with Gasteiger partial charge in [0.1, 0.15) is 5.82 Å². The first-order valence-corrected chi connectivity index (χ1v) is 7.70. The van der Waals surface area contributed by atoms with E-state index in [2.05, 4.69) is 64.1 Å². The Labute approximate surface area is 126 Å². The number of benzene rings is 1. The fourth-order valence-corrected chi connectivity index (χ4v) is 2.98. The third kappa shape index (κ3) is 3.52. The van der Waals surface area contributed by atoms with E-state index in [1.165, 1.54) is 5.56 Å². The molecule has 0 amide bonds. The topological polar surface area (TPSA) is 33.1 Å². The van der Waals surface area contributed by atoms with Crippen LogP contribution in [0, 0.1) is 0 Å². The van der Waals surface area contributed by atoms with E-state index in [-0.39, 0.29) is 0 Å². The van der Waals surface area contributed by atoms with Crippen LogP contribution in [0.15, 0.2) is 42.7 Å². The number of nitrogens with one attached hydrogen (secondary N) is 1. The van der Waals surface area contributed by atoms with Gasteiger partial charge < -0.3 is 9.88 Å². The molecule has 1 aromatic heterocycles. The van der Waals surface area contributed by atoms with E-state index in [9.17, 15) is 0 Å². The van der Waals surface area contributed by atoms with Crippen LogP contribution in [-0.2, 0) is 20.0 Å².